The minimum Gasteiger partial charge on any atom is -0.463 e. The molecule has 31 heavy (non-hydrogen) atoms. The van der Waals surface area contributed by atoms with Crippen molar-refractivity contribution in [3.8, 4) is 5.75 Å². The second-order valence-electron chi connectivity index (χ2n) is 6.64. The molecule has 170 valence electrons. The zero-order valence-corrected chi connectivity index (χ0v) is 18.1. The van der Waals surface area contributed by atoms with Crippen molar-refractivity contribution in [3.63, 3.8) is 0 Å². The van der Waals surface area contributed by atoms with Crippen LogP contribution in [0.3, 0.4) is 0 Å². The maximum atomic E-state index is 11.8. The van der Waals surface area contributed by atoms with Crippen LogP contribution in [0.5, 0.6) is 5.75 Å². The van der Waals surface area contributed by atoms with Crippen molar-refractivity contribution in [1.29, 1.82) is 0 Å². The summed E-state index contributed by atoms with van der Waals surface area (Å²) in [5.41, 5.74) is 0. The Balaban J connectivity index is 2.44. The van der Waals surface area contributed by atoms with E-state index >= 15 is 0 Å². The van der Waals surface area contributed by atoms with E-state index < -0.39 is 54.6 Å². The van der Waals surface area contributed by atoms with Crippen LogP contribution < -0.4 is 4.74 Å². The Kier molecular flexibility index (Phi) is 8.64. The van der Waals surface area contributed by atoms with E-state index in [9.17, 15) is 19.2 Å². The fourth-order valence-electron chi connectivity index (χ4n) is 2.96. The summed E-state index contributed by atoms with van der Waals surface area (Å²) in [4.78, 5) is 46.5. The number of rotatable bonds is 7. The van der Waals surface area contributed by atoms with Crippen LogP contribution in [0.2, 0.25) is 5.02 Å². The van der Waals surface area contributed by atoms with Crippen LogP contribution in [0.15, 0.2) is 24.3 Å². The van der Waals surface area contributed by atoms with Gasteiger partial charge in [0.1, 0.15) is 18.5 Å². The molecule has 1 aromatic rings. The highest BCUT2D eigenvalue weighted by Crippen LogP contribution is 2.31. The Morgan fingerprint density at radius 1 is 0.871 bits per heavy atom. The van der Waals surface area contributed by atoms with Crippen molar-refractivity contribution in [2.24, 2.45) is 0 Å². The zero-order chi connectivity index (χ0) is 23.1. The summed E-state index contributed by atoms with van der Waals surface area (Å²) in [7, 11) is 0. The van der Waals surface area contributed by atoms with E-state index in [-0.39, 0.29) is 12.4 Å². The maximum Gasteiger partial charge on any atom is 0.303 e. The average molecular weight is 459 g/mol. The maximum absolute atomic E-state index is 11.8. The molecule has 0 aliphatic carbocycles. The van der Waals surface area contributed by atoms with Gasteiger partial charge < -0.3 is 28.4 Å². The fraction of sp³-hybridized carbons (Fsp3) is 0.500. The molecular formula is C20H23ClO10. The Morgan fingerprint density at radius 2 is 1.45 bits per heavy atom. The van der Waals surface area contributed by atoms with Crippen LogP contribution in [0.25, 0.3) is 0 Å². The lowest BCUT2D eigenvalue weighted by molar-refractivity contribution is -0.288. The first-order chi connectivity index (χ1) is 14.6. The molecule has 11 heteroatoms. The molecule has 0 unspecified atom stereocenters. The molecule has 0 aromatic heterocycles. The quantitative estimate of drug-likeness (QED) is 0.441. The molecule has 10 nitrogen and oxygen atoms in total. The molecule has 1 fully saturated rings. The summed E-state index contributed by atoms with van der Waals surface area (Å²) in [6, 6.07) is 6.33. The van der Waals surface area contributed by atoms with Gasteiger partial charge >= 0.3 is 23.9 Å². The van der Waals surface area contributed by atoms with Crippen molar-refractivity contribution >= 4 is 35.5 Å². The smallest absolute Gasteiger partial charge is 0.303 e. The van der Waals surface area contributed by atoms with Crippen molar-refractivity contribution in [2.75, 3.05) is 6.61 Å². The molecule has 0 N–H and O–H groups in total. The van der Waals surface area contributed by atoms with Gasteiger partial charge in [-0.1, -0.05) is 17.7 Å². The monoisotopic (exact) mass is 458 g/mol. The Labute approximate surface area is 183 Å². The number of benzene rings is 1. The van der Waals surface area contributed by atoms with Gasteiger partial charge in [-0.15, -0.1) is 0 Å². The van der Waals surface area contributed by atoms with Gasteiger partial charge in [0.25, 0.3) is 0 Å². The lowest BCUT2D eigenvalue weighted by Crippen LogP contribution is -2.63. The summed E-state index contributed by atoms with van der Waals surface area (Å²) < 4.78 is 32.5. The molecule has 5 atom stereocenters. The Hall–Kier alpha value is -2.85. The predicted molar refractivity (Wildman–Crippen MR) is 104 cm³/mol. The van der Waals surface area contributed by atoms with Crippen LogP contribution in [0, 0.1) is 0 Å². The third-order valence-electron chi connectivity index (χ3n) is 4.00. The van der Waals surface area contributed by atoms with E-state index in [2.05, 4.69) is 0 Å². The molecule has 0 amide bonds. The minimum absolute atomic E-state index is 0.272. The summed E-state index contributed by atoms with van der Waals surface area (Å²) in [5, 5.41) is 0.378. The van der Waals surface area contributed by atoms with Crippen LogP contribution in [-0.4, -0.2) is 61.2 Å². The first kappa shape index (κ1) is 24.4. The SMILES string of the molecule is CC(=O)OC[C@H]1O[C@H](Oc2cccc(Cl)c2)[C@@H](OC(C)=O)[C@@H](OC(C)=O)[C@@H]1OC(C)=O. The van der Waals surface area contributed by atoms with Gasteiger partial charge in [-0.25, -0.2) is 0 Å². The molecule has 0 spiro atoms. The summed E-state index contributed by atoms with van der Waals surface area (Å²) >= 11 is 5.98. The van der Waals surface area contributed by atoms with E-state index in [0.29, 0.717) is 5.02 Å². The number of hydrogen-bond donors (Lipinski definition) is 0. The highest BCUT2D eigenvalue weighted by molar-refractivity contribution is 6.30. The molecule has 1 aromatic carbocycles. The van der Waals surface area contributed by atoms with Gasteiger partial charge in [0.2, 0.25) is 12.4 Å². The highest BCUT2D eigenvalue weighted by atomic mass is 35.5. The predicted octanol–water partition coefficient (Wildman–Crippen LogP) is 1.80. The van der Waals surface area contributed by atoms with Crippen molar-refractivity contribution < 1.29 is 47.6 Å². The van der Waals surface area contributed by atoms with E-state index in [0.717, 1.165) is 20.8 Å². The number of hydrogen-bond acceptors (Lipinski definition) is 10. The number of esters is 4. The lowest BCUT2D eigenvalue weighted by Gasteiger charge is -2.43. The van der Waals surface area contributed by atoms with E-state index in [4.69, 9.17) is 40.0 Å². The van der Waals surface area contributed by atoms with Gasteiger partial charge in [-0.05, 0) is 18.2 Å². The standard InChI is InChI=1S/C20H23ClO10/c1-10(22)26-9-16-17(27-11(2)23)18(28-12(3)24)19(29-13(4)25)20(31-16)30-15-7-5-6-14(21)8-15/h5-8,16-20H,9H2,1-4H3/t16-,17-,18+,19+,20+/m1/s1. The third-order valence-corrected chi connectivity index (χ3v) is 4.23. The minimum atomic E-state index is -1.31. The second-order valence-corrected chi connectivity index (χ2v) is 7.08. The lowest BCUT2D eigenvalue weighted by atomic mass is 9.98. The van der Waals surface area contributed by atoms with Gasteiger partial charge in [0.05, 0.1) is 0 Å². The van der Waals surface area contributed by atoms with Gasteiger partial charge in [-0.3, -0.25) is 19.2 Å². The molecule has 0 saturated carbocycles. The molecule has 1 saturated heterocycles. The molecule has 2 rings (SSSR count). The molecule has 0 bridgehead atoms. The number of carbonyl (C=O) groups is 4. The second kappa shape index (κ2) is 11.0. The zero-order valence-electron chi connectivity index (χ0n) is 17.4. The van der Waals surface area contributed by atoms with Gasteiger partial charge in [0, 0.05) is 32.7 Å². The van der Waals surface area contributed by atoms with Gasteiger partial charge in [-0.2, -0.15) is 0 Å². The highest BCUT2D eigenvalue weighted by Gasteiger charge is 2.53. The molecule has 1 aliphatic heterocycles. The van der Waals surface area contributed by atoms with Crippen LogP contribution in [0.4, 0.5) is 0 Å². The van der Waals surface area contributed by atoms with E-state index in [1.165, 1.54) is 13.0 Å². The van der Waals surface area contributed by atoms with E-state index in [1.807, 2.05) is 0 Å². The van der Waals surface area contributed by atoms with Crippen molar-refractivity contribution in [3.05, 3.63) is 29.3 Å². The van der Waals surface area contributed by atoms with E-state index in [1.54, 1.807) is 18.2 Å². The van der Waals surface area contributed by atoms with Crippen LogP contribution in [-0.2, 0) is 42.9 Å². The molecule has 1 aliphatic rings. The number of carbonyl (C=O) groups excluding carboxylic acids is 4. The Bertz CT molecular complexity index is 826. The number of halogens is 1. The Morgan fingerprint density at radius 3 is 2.00 bits per heavy atom. The summed E-state index contributed by atoms with van der Waals surface area (Å²) in [6.45, 7) is 4.28. The normalized spacial score (nSPS) is 25.1. The molecule has 0 radical (unpaired) electrons. The molecular weight excluding hydrogens is 436 g/mol. The van der Waals surface area contributed by atoms with Crippen LogP contribution >= 0.6 is 11.6 Å². The first-order valence-corrected chi connectivity index (χ1v) is 9.67. The summed E-state index contributed by atoms with van der Waals surface area (Å²) in [6.07, 6.45) is -6.25. The van der Waals surface area contributed by atoms with Crippen molar-refractivity contribution in [1.82, 2.24) is 0 Å². The fourth-order valence-corrected chi connectivity index (χ4v) is 3.14. The summed E-state index contributed by atoms with van der Waals surface area (Å²) in [5.74, 6) is -2.49. The third kappa shape index (κ3) is 7.41. The number of ether oxygens (including phenoxy) is 6. The topological polar surface area (TPSA) is 124 Å². The largest absolute Gasteiger partial charge is 0.463 e. The molecule has 1 heterocycles. The van der Waals surface area contributed by atoms with Gasteiger partial charge in [0.15, 0.2) is 12.2 Å². The van der Waals surface area contributed by atoms with Crippen LogP contribution in [0.1, 0.15) is 27.7 Å². The average Bonchev–Trinajstić information content (AvgIpc) is 2.64. The first-order valence-electron chi connectivity index (χ1n) is 9.29. The van der Waals surface area contributed by atoms with Crippen molar-refractivity contribution in [2.45, 2.75) is 58.4 Å².